The Morgan fingerprint density at radius 1 is 1.50 bits per heavy atom. The summed E-state index contributed by atoms with van der Waals surface area (Å²) in [6, 6.07) is 1.90. The molecule has 26 heavy (non-hydrogen) atoms. The molecule has 2 aromatic heterocycles. The molecule has 7 heteroatoms. The fraction of sp³-hybridized carbons (Fsp3) is 0.474. The summed E-state index contributed by atoms with van der Waals surface area (Å²) in [4.78, 5) is 16.8. The topological polar surface area (TPSA) is 95.2 Å². The third kappa shape index (κ3) is 2.54. The van der Waals surface area contributed by atoms with Crippen LogP contribution in [0.1, 0.15) is 54.9 Å². The van der Waals surface area contributed by atoms with E-state index in [2.05, 4.69) is 21.7 Å². The highest BCUT2D eigenvalue weighted by Gasteiger charge is 2.26. The van der Waals surface area contributed by atoms with E-state index in [9.17, 15) is 4.79 Å². The number of nitrogens with two attached hydrogens (primary N) is 1. The first-order chi connectivity index (χ1) is 12.7. The number of H-pyrrole nitrogens is 1. The van der Waals surface area contributed by atoms with E-state index in [0.717, 1.165) is 60.6 Å². The van der Waals surface area contributed by atoms with E-state index in [1.807, 2.05) is 12.3 Å². The lowest BCUT2D eigenvalue weighted by molar-refractivity contribution is -0.0365. The number of hydrogen-bond donors (Lipinski definition) is 2. The van der Waals surface area contributed by atoms with Crippen LogP contribution >= 0.6 is 0 Å². The molecule has 0 radical (unpaired) electrons. The van der Waals surface area contributed by atoms with Crippen LogP contribution in [0.4, 0.5) is 5.69 Å². The number of carbonyl (C=O) groups is 1. The van der Waals surface area contributed by atoms with Gasteiger partial charge in [-0.3, -0.25) is 4.68 Å². The predicted octanol–water partition coefficient (Wildman–Crippen LogP) is 3.54. The highest BCUT2D eigenvalue weighted by atomic mass is 16.5. The van der Waals surface area contributed by atoms with Gasteiger partial charge in [0, 0.05) is 23.6 Å². The fourth-order valence-corrected chi connectivity index (χ4v) is 3.90. The van der Waals surface area contributed by atoms with Crippen molar-refractivity contribution in [3.05, 3.63) is 23.5 Å². The van der Waals surface area contributed by atoms with Crippen molar-refractivity contribution in [1.29, 1.82) is 0 Å². The molecule has 0 spiro atoms. The van der Waals surface area contributed by atoms with Gasteiger partial charge in [0.15, 0.2) is 5.69 Å². The van der Waals surface area contributed by atoms with Crippen molar-refractivity contribution in [2.24, 2.45) is 0 Å². The second-order valence-electron chi connectivity index (χ2n) is 6.77. The molecule has 1 saturated heterocycles. The number of rotatable bonds is 4. The number of ether oxygens (including phenoxy) is 2. The molecule has 0 aliphatic carbocycles. The molecule has 0 saturated carbocycles. The average molecular weight is 356 g/mol. The first kappa shape index (κ1) is 16.9. The Kier molecular flexibility index (Phi) is 4.32. The van der Waals surface area contributed by atoms with Gasteiger partial charge in [0.2, 0.25) is 0 Å². The Hall–Kier alpha value is -2.54. The van der Waals surface area contributed by atoms with Crippen LogP contribution in [0.25, 0.3) is 21.8 Å². The third-order valence-electron chi connectivity index (χ3n) is 5.07. The number of esters is 1. The molecule has 7 nitrogen and oxygen atoms in total. The number of aromatic amines is 1. The molecule has 1 unspecified atom stereocenters. The van der Waals surface area contributed by atoms with Crippen molar-refractivity contribution in [3.8, 4) is 0 Å². The largest absolute Gasteiger partial charge is 0.464 e. The molecule has 138 valence electrons. The molecule has 3 N–H and O–H groups in total. The van der Waals surface area contributed by atoms with Crippen LogP contribution in [0, 0.1) is 0 Å². The molecule has 3 heterocycles. The van der Waals surface area contributed by atoms with Crippen LogP contribution in [-0.2, 0) is 15.9 Å². The Bertz CT molecular complexity index is 966. The first-order valence-electron chi connectivity index (χ1n) is 9.16. The van der Waals surface area contributed by atoms with Gasteiger partial charge in [-0.1, -0.05) is 13.3 Å². The SMILES string of the molecule is CCCc1c(C(=O)OC)nc2c(N)cc3c[nH]n(C4CCCCO4)c3c12. The van der Waals surface area contributed by atoms with Crippen molar-refractivity contribution < 1.29 is 14.3 Å². The van der Waals surface area contributed by atoms with Crippen LogP contribution in [0.2, 0.25) is 0 Å². The normalized spacial score (nSPS) is 17.8. The van der Waals surface area contributed by atoms with E-state index in [1.54, 1.807) is 0 Å². The quantitative estimate of drug-likeness (QED) is 0.551. The number of benzene rings is 1. The summed E-state index contributed by atoms with van der Waals surface area (Å²) in [7, 11) is 1.38. The van der Waals surface area contributed by atoms with Crippen molar-refractivity contribution >= 4 is 33.5 Å². The molecular weight excluding hydrogens is 332 g/mol. The summed E-state index contributed by atoms with van der Waals surface area (Å²) >= 11 is 0. The smallest absolute Gasteiger partial charge is 0.356 e. The van der Waals surface area contributed by atoms with Crippen LogP contribution in [-0.4, -0.2) is 34.5 Å². The van der Waals surface area contributed by atoms with Crippen molar-refractivity contribution in [2.45, 2.75) is 45.3 Å². The van der Waals surface area contributed by atoms with Crippen molar-refractivity contribution in [3.63, 3.8) is 0 Å². The van der Waals surface area contributed by atoms with Crippen LogP contribution < -0.4 is 5.73 Å². The van der Waals surface area contributed by atoms with Gasteiger partial charge in [-0.25, -0.2) is 9.78 Å². The molecule has 4 rings (SSSR count). The Morgan fingerprint density at radius 2 is 2.35 bits per heavy atom. The summed E-state index contributed by atoms with van der Waals surface area (Å²) in [5.74, 6) is -0.423. The summed E-state index contributed by atoms with van der Waals surface area (Å²) in [6.07, 6.45) is 6.69. The number of hydrogen-bond acceptors (Lipinski definition) is 5. The van der Waals surface area contributed by atoms with E-state index in [1.165, 1.54) is 7.11 Å². The van der Waals surface area contributed by atoms with Gasteiger partial charge in [-0.2, -0.15) is 0 Å². The first-order valence-corrected chi connectivity index (χ1v) is 9.16. The molecular formula is C19H24N4O3. The summed E-state index contributed by atoms with van der Waals surface area (Å²) in [5, 5.41) is 5.24. The Labute approximate surface area is 151 Å². The maximum absolute atomic E-state index is 12.3. The summed E-state index contributed by atoms with van der Waals surface area (Å²) in [6.45, 7) is 2.84. The number of anilines is 1. The number of carbonyl (C=O) groups excluding carboxylic acids is 1. The second kappa shape index (κ2) is 6.64. The molecule has 1 atom stereocenters. The van der Waals surface area contributed by atoms with Gasteiger partial charge in [0.1, 0.15) is 6.23 Å². The maximum Gasteiger partial charge on any atom is 0.356 e. The van der Waals surface area contributed by atoms with E-state index < -0.39 is 5.97 Å². The minimum absolute atomic E-state index is 0.0426. The van der Waals surface area contributed by atoms with Gasteiger partial charge >= 0.3 is 5.97 Å². The van der Waals surface area contributed by atoms with Gasteiger partial charge in [0.05, 0.1) is 23.8 Å². The Morgan fingerprint density at radius 3 is 3.04 bits per heavy atom. The van der Waals surface area contributed by atoms with Gasteiger partial charge in [0.25, 0.3) is 0 Å². The molecule has 0 amide bonds. The highest BCUT2D eigenvalue weighted by Crippen LogP contribution is 2.37. The zero-order valence-electron chi connectivity index (χ0n) is 15.2. The number of methoxy groups -OCH3 is 1. The monoisotopic (exact) mass is 356 g/mol. The van der Waals surface area contributed by atoms with Gasteiger partial charge in [-0.15, -0.1) is 0 Å². The number of nitrogen functional groups attached to an aromatic ring is 1. The Balaban J connectivity index is 2.04. The fourth-order valence-electron chi connectivity index (χ4n) is 3.90. The summed E-state index contributed by atoms with van der Waals surface area (Å²) < 4.78 is 13.0. The molecule has 0 bridgehead atoms. The van der Waals surface area contributed by atoms with Gasteiger partial charge in [-0.05, 0) is 37.3 Å². The number of nitrogens with one attached hydrogen (secondary N) is 1. The van der Waals surface area contributed by atoms with Crippen LogP contribution in [0.15, 0.2) is 12.3 Å². The second-order valence-corrected chi connectivity index (χ2v) is 6.77. The predicted molar refractivity (Wildman–Crippen MR) is 100 cm³/mol. The highest BCUT2D eigenvalue weighted by molar-refractivity contribution is 6.14. The third-order valence-corrected chi connectivity index (χ3v) is 5.07. The number of aryl methyl sites for hydroxylation is 1. The lowest BCUT2D eigenvalue weighted by atomic mass is 10.0. The van der Waals surface area contributed by atoms with E-state index >= 15 is 0 Å². The molecule has 1 aliphatic rings. The van der Waals surface area contributed by atoms with Crippen molar-refractivity contribution in [1.82, 2.24) is 14.8 Å². The zero-order chi connectivity index (χ0) is 18.3. The molecule has 1 fully saturated rings. The molecule has 1 aliphatic heterocycles. The zero-order valence-corrected chi connectivity index (χ0v) is 15.2. The number of aromatic nitrogens is 3. The maximum atomic E-state index is 12.3. The van der Waals surface area contributed by atoms with Crippen molar-refractivity contribution in [2.75, 3.05) is 19.5 Å². The van der Waals surface area contributed by atoms with E-state index in [-0.39, 0.29) is 6.23 Å². The van der Waals surface area contributed by atoms with Crippen LogP contribution in [0.5, 0.6) is 0 Å². The van der Waals surface area contributed by atoms with E-state index in [0.29, 0.717) is 16.9 Å². The van der Waals surface area contributed by atoms with Gasteiger partial charge < -0.3 is 20.3 Å². The minimum atomic E-state index is -0.423. The summed E-state index contributed by atoms with van der Waals surface area (Å²) in [5.41, 5.74) is 9.74. The number of nitrogens with zero attached hydrogens (tertiary/aromatic N) is 2. The van der Waals surface area contributed by atoms with Crippen LogP contribution in [0.3, 0.4) is 0 Å². The molecule has 3 aromatic rings. The number of fused-ring (bicyclic) bond motifs is 3. The lowest BCUT2D eigenvalue weighted by Gasteiger charge is -2.24. The standard InChI is InChI=1S/C19H24N4O3/c1-3-6-12-15-17(22-16(12)19(24)25-2)13(20)9-11-10-21-23(18(11)15)14-7-4-5-8-26-14/h9-10,14,21H,3-8,20H2,1-2H3. The van der Waals surface area contributed by atoms with E-state index in [4.69, 9.17) is 15.2 Å². The average Bonchev–Trinajstić information content (AvgIpc) is 3.24. The molecule has 1 aromatic carbocycles. The minimum Gasteiger partial charge on any atom is -0.464 e. The lowest BCUT2D eigenvalue weighted by Crippen LogP contribution is -2.19.